The number of nitrogens with zero attached hydrogens (tertiary/aromatic N) is 2. The Morgan fingerprint density at radius 3 is 2.71 bits per heavy atom. The van der Waals surface area contributed by atoms with Crippen molar-refractivity contribution in [3.63, 3.8) is 0 Å². The van der Waals surface area contributed by atoms with Crippen molar-refractivity contribution in [2.45, 2.75) is 13.1 Å². The van der Waals surface area contributed by atoms with Crippen molar-refractivity contribution < 1.29 is 19.0 Å². The van der Waals surface area contributed by atoms with Crippen LogP contribution in [0.3, 0.4) is 0 Å². The Kier molecular flexibility index (Phi) is 6.87. The van der Waals surface area contributed by atoms with Crippen LogP contribution in [0.5, 0.6) is 0 Å². The molecule has 0 saturated carbocycles. The third kappa shape index (κ3) is 4.91. The second kappa shape index (κ2) is 9.78. The highest BCUT2D eigenvalue weighted by atomic mass is 35.5. The Morgan fingerprint density at radius 2 is 1.97 bits per heavy atom. The SMILES string of the molecule is O=C(O)c1c(CNCCN2CCOCC2)c2ccccc2n1Cc1ccc(F)cc1Cl. The Hall–Kier alpha value is -2.45. The summed E-state index contributed by atoms with van der Waals surface area (Å²) in [6.07, 6.45) is 0. The highest BCUT2D eigenvalue weighted by molar-refractivity contribution is 6.31. The van der Waals surface area contributed by atoms with E-state index in [0.717, 1.165) is 55.9 Å². The number of aromatic carboxylic acids is 1. The number of ether oxygens (including phenoxy) is 1. The summed E-state index contributed by atoms with van der Waals surface area (Å²) in [7, 11) is 0. The predicted molar refractivity (Wildman–Crippen MR) is 118 cm³/mol. The van der Waals surface area contributed by atoms with Gasteiger partial charge < -0.3 is 19.7 Å². The van der Waals surface area contributed by atoms with Gasteiger partial charge in [0.15, 0.2) is 0 Å². The van der Waals surface area contributed by atoms with Crippen LogP contribution in [0.2, 0.25) is 5.02 Å². The van der Waals surface area contributed by atoms with Gasteiger partial charge in [0, 0.05) is 60.8 Å². The molecule has 0 atom stereocenters. The maximum Gasteiger partial charge on any atom is 0.352 e. The van der Waals surface area contributed by atoms with E-state index in [1.165, 1.54) is 12.1 Å². The fourth-order valence-corrected chi connectivity index (χ4v) is 4.29. The molecule has 2 heterocycles. The molecule has 0 unspecified atom stereocenters. The van der Waals surface area contributed by atoms with Crippen LogP contribution in [0.4, 0.5) is 4.39 Å². The average molecular weight is 446 g/mol. The third-order valence-electron chi connectivity index (χ3n) is 5.63. The number of para-hydroxylation sites is 1. The largest absolute Gasteiger partial charge is 0.477 e. The van der Waals surface area contributed by atoms with Crippen LogP contribution >= 0.6 is 11.6 Å². The summed E-state index contributed by atoms with van der Waals surface area (Å²) in [5.74, 6) is -1.42. The fraction of sp³-hybridized carbons (Fsp3) is 0.348. The molecule has 0 radical (unpaired) electrons. The van der Waals surface area contributed by atoms with E-state index < -0.39 is 11.8 Å². The topological polar surface area (TPSA) is 66.7 Å². The number of hydrogen-bond acceptors (Lipinski definition) is 4. The molecule has 2 aromatic carbocycles. The molecule has 0 bridgehead atoms. The van der Waals surface area contributed by atoms with Gasteiger partial charge in [-0.05, 0) is 23.8 Å². The molecule has 0 amide bonds. The highest BCUT2D eigenvalue weighted by Crippen LogP contribution is 2.29. The van der Waals surface area contributed by atoms with E-state index in [-0.39, 0.29) is 17.3 Å². The lowest BCUT2D eigenvalue weighted by Crippen LogP contribution is -2.40. The van der Waals surface area contributed by atoms with Crippen LogP contribution in [0.25, 0.3) is 10.9 Å². The van der Waals surface area contributed by atoms with E-state index in [9.17, 15) is 14.3 Å². The van der Waals surface area contributed by atoms with E-state index >= 15 is 0 Å². The van der Waals surface area contributed by atoms with Gasteiger partial charge in [-0.25, -0.2) is 9.18 Å². The number of aromatic nitrogens is 1. The number of nitrogens with one attached hydrogen (secondary N) is 1. The van der Waals surface area contributed by atoms with Crippen LogP contribution in [0.1, 0.15) is 21.6 Å². The molecule has 31 heavy (non-hydrogen) atoms. The molecule has 1 saturated heterocycles. The molecule has 1 aliphatic heterocycles. The Labute approximate surface area is 185 Å². The van der Waals surface area contributed by atoms with Crippen molar-refractivity contribution in [1.82, 2.24) is 14.8 Å². The zero-order valence-corrected chi connectivity index (χ0v) is 17.9. The highest BCUT2D eigenvalue weighted by Gasteiger charge is 2.22. The molecule has 0 aliphatic carbocycles. The van der Waals surface area contributed by atoms with Gasteiger partial charge in [0.25, 0.3) is 0 Å². The van der Waals surface area contributed by atoms with Crippen molar-refractivity contribution in [3.8, 4) is 0 Å². The van der Waals surface area contributed by atoms with Crippen LogP contribution in [-0.2, 0) is 17.8 Å². The summed E-state index contributed by atoms with van der Waals surface area (Å²) in [5, 5.41) is 14.6. The molecule has 1 fully saturated rings. The zero-order chi connectivity index (χ0) is 21.8. The standard InChI is InChI=1S/C23H25ClFN3O3/c24-20-13-17(25)6-5-16(20)15-28-21-4-2-1-3-18(21)19(22(28)23(29)30)14-26-7-8-27-9-11-31-12-10-27/h1-6,13,26H,7-12,14-15H2,(H,29,30). The molecule has 164 valence electrons. The first kappa shape index (κ1) is 21.8. The van der Waals surface area contributed by atoms with E-state index in [4.69, 9.17) is 16.3 Å². The molecule has 0 spiro atoms. The van der Waals surface area contributed by atoms with Crippen molar-refractivity contribution >= 4 is 28.5 Å². The number of carbonyl (C=O) groups is 1. The number of benzene rings is 2. The number of hydrogen-bond donors (Lipinski definition) is 2. The lowest BCUT2D eigenvalue weighted by atomic mass is 10.1. The Bertz CT molecular complexity index is 1080. The number of fused-ring (bicyclic) bond motifs is 1. The summed E-state index contributed by atoms with van der Waals surface area (Å²) in [6.45, 7) is 5.66. The maximum absolute atomic E-state index is 13.5. The van der Waals surface area contributed by atoms with E-state index in [1.807, 2.05) is 24.3 Å². The average Bonchev–Trinajstić information content (AvgIpc) is 3.07. The monoisotopic (exact) mass is 445 g/mol. The smallest absolute Gasteiger partial charge is 0.352 e. The lowest BCUT2D eigenvalue weighted by Gasteiger charge is -2.26. The summed E-state index contributed by atoms with van der Waals surface area (Å²) < 4.78 is 20.6. The number of carboxylic acids is 1. The predicted octanol–water partition coefficient (Wildman–Crippen LogP) is 3.60. The van der Waals surface area contributed by atoms with Crippen LogP contribution in [0, 0.1) is 5.82 Å². The molecular weight excluding hydrogens is 421 g/mol. The summed E-state index contributed by atoms with van der Waals surface area (Å²) in [5.41, 5.74) is 2.44. The third-order valence-corrected chi connectivity index (χ3v) is 5.98. The molecule has 1 aliphatic rings. The van der Waals surface area contributed by atoms with Crippen LogP contribution in [0.15, 0.2) is 42.5 Å². The maximum atomic E-state index is 13.5. The number of morpholine rings is 1. The first-order chi connectivity index (χ1) is 15.0. The Balaban J connectivity index is 1.60. The molecule has 8 heteroatoms. The second-order valence-corrected chi connectivity index (χ2v) is 8.01. The van der Waals surface area contributed by atoms with Crippen molar-refractivity contribution in [2.75, 3.05) is 39.4 Å². The second-order valence-electron chi connectivity index (χ2n) is 7.60. The number of carboxylic acid groups (broad SMARTS) is 1. The normalized spacial score (nSPS) is 14.9. The van der Waals surface area contributed by atoms with Crippen molar-refractivity contribution in [2.24, 2.45) is 0 Å². The van der Waals surface area contributed by atoms with Gasteiger partial charge in [-0.1, -0.05) is 35.9 Å². The van der Waals surface area contributed by atoms with Gasteiger partial charge in [0.1, 0.15) is 11.5 Å². The van der Waals surface area contributed by atoms with Gasteiger partial charge in [0.2, 0.25) is 0 Å². The molecule has 4 rings (SSSR count). The first-order valence-electron chi connectivity index (χ1n) is 10.3. The molecule has 1 aromatic heterocycles. The Morgan fingerprint density at radius 1 is 1.19 bits per heavy atom. The molecule has 6 nitrogen and oxygen atoms in total. The molecule has 3 aromatic rings. The summed E-state index contributed by atoms with van der Waals surface area (Å²) in [4.78, 5) is 14.6. The van der Waals surface area contributed by atoms with Gasteiger partial charge in [-0.2, -0.15) is 0 Å². The molecule has 2 N–H and O–H groups in total. The van der Waals surface area contributed by atoms with Crippen molar-refractivity contribution in [3.05, 3.63) is 70.1 Å². The van der Waals surface area contributed by atoms with E-state index in [1.54, 1.807) is 10.6 Å². The zero-order valence-electron chi connectivity index (χ0n) is 17.1. The van der Waals surface area contributed by atoms with Gasteiger partial charge in [0.05, 0.1) is 13.2 Å². The minimum atomic E-state index is -1.00. The lowest BCUT2D eigenvalue weighted by molar-refractivity contribution is 0.0384. The quantitative estimate of drug-likeness (QED) is 0.518. The molecular formula is C23H25ClFN3O3. The summed E-state index contributed by atoms with van der Waals surface area (Å²) in [6, 6.07) is 11.8. The number of rotatable bonds is 8. The van der Waals surface area contributed by atoms with Crippen LogP contribution in [-0.4, -0.2) is 59.9 Å². The van der Waals surface area contributed by atoms with Gasteiger partial charge >= 0.3 is 5.97 Å². The van der Waals surface area contributed by atoms with Gasteiger partial charge in [-0.3, -0.25) is 4.90 Å². The summed E-state index contributed by atoms with van der Waals surface area (Å²) >= 11 is 6.22. The van der Waals surface area contributed by atoms with Crippen LogP contribution < -0.4 is 5.32 Å². The van der Waals surface area contributed by atoms with Crippen molar-refractivity contribution in [1.29, 1.82) is 0 Å². The number of halogens is 2. The minimum absolute atomic E-state index is 0.223. The fourth-order valence-electron chi connectivity index (χ4n) is 4.06. The van der Waals surface area contributed by atoms with Gasteiger partial charge in [-0.15, -0.1) is 0 Å². The minimum Gasteiger partial charge on any atom is -0.477 e. The van der Waals surface area contributed by atoms with E-state index in [0.29, 0.717) is 12.1 Å². The first-order valence-corrected chi connectivity index (χ1v) is 10.7. The van der Waals surface area contributed by atoms with E-state index in [2.05, 4.69) is 10.2 Å².